The molecule has 8 nitrogen and oxygen atoms in total. The molecule has 0 aliphatic heterocycles. The maximum absolute atomic E-state index is 12.2. The van der Waals surface area contributed by atoms with Crippen LogP contribution in [0.4, 0.5) is 5.69 Å². The maximum atomic E-state index is 12.2. The van der Waals surface area contributed by atoms with Crippen LogP contribution in [-0.4, -0.2) is 45.1 Å². The second-order valence-corrected chi connectivity index (χ2v) is 8.90. The smallest absolute Gasteiger partial charge is 0.338 e. The van der Waals surface area contributed by atoms with Crippen molar-refractivity contribution in [2.75, 3.05) is 18.1 Å². The summed E-state index contributed by atoms with van der Waals surface area (Å²) >= 11 is 0. The lowest BCUT2D eigenvalue weighted by Gasteiger charge is -2.15. The van der Waals surface area contributed by atoms with Gasteiger partial charge in [0.2, 0.25) is 5.91 Å². The molecule has 2 N–H and O–H groups in total. The van der Waals surface area contributed by atoms with Gasteiger partial charge >= 0.3 is 5.97 Å². The number of sulfone groups is 1. The second kappa shape index (κ2) is 9.53. The summed E-state index contributed by atoms with van der Waals surface area (Å²) < 4.78 is 28.3. The zero-order chi connectivity index (χ0) is 22.5. The number of carbonyl (C=O) groups is 3. The molecule has 2 aromatic carbocycles. The van der Waals surface area contributed by atoms with Crippen LogP contribution in [0.3, 0.4) is 0 Å². The molecule has 0 saturated carbocycles. The van der Waals surface area contributed by atoms with Crippen LogP contribution in [0.5, 0.6) is 0 Å². The van der Waals surface area contributed by atoms with Crippen molar-refractivity contribution in [3.63, 3.8) is 0 Å². The number of nitrogens with one attached hydrogen (secondary N) is 2. The SMILES string of the molecule is Cc1cccc(C)c1NC(=O)CNC(=O)C(C)OC(=O)c1cccc(S(C)(=O)=O)c1. The number of benzene rings is 2. The van der Waals surface area contributed by atoms with Gasteiger partial charge in [-0.1, -0.05) is 24.3 Å². The topological polar surface area (TPSA) is 119 Å². The Morgan fingerprint density at radius 3 is 2.23 bits per heavy atom. The monoisotopic (exact) mass is 432 g/mol. The predicted octanol–water partition coefficient (Wildman–Crippen LogP) is 2.01. The van der Waals surface area contributed by atoms with Crippen LogP contribution >= 0.6 is 0 Å². The van der Waals surface area contributed by atoms with Gasteiger partial charge in [0.1, 0.15) is 0 Å². The fraction of sp³-hybridized carbons (Fsp3) is 0.286. The lowest BCUT2D eigenvalue weighted by molar-refractivity contribution is -0.130. The average molecular weight is 432 g/mol. The Balaban J connectivity index is 1.92. The van der Waals surface area contributed by atoms with E-state index in [1.54, 1.807) is 0 Å². The molecule has 0 aliphatic carbocycles. The minimum atomic E-state index is -3.49. The largest absolute Gasteiger partial charge is 0.449 e. The van der Waals surface area contributed by atoms with Gasteiger partial charge in [-0.2, -0.15) is 0 Å². The first-order valence-corrected chi connectivity index (χ1v) is 11.0. The molecule has 9 heteroatoms. The van der Waals surface area contributed by atoms with E-state index in [4.69, 9.17) is 4.74 Å². The molecule has 1 unspecified atom stereocenters. The zero-order valence-corrected chi connectivity index (χ0v) is 18.0. The highest BCUT2D eigenvalue weighted by Gasteiger charge is 2.20. The number of para-hydroxylation sites is 1. The maximum Gasteiger partial charge on any atom is 0.338 e. The molecular formula is C21H24N2O6S. The van der Waals surface area contributed by atoms with E-state index >= 15 is 0 Å². The van der Waals surface area contributed by atoms with Crippen molar-refractivity contribution < 1.29 is 27.5 Å². The Kier molecular flexibility index (Phi) is 7.33. The van der Waals surface area contributed by atoms with Crippen molar-refractivity contribution >= 4 is 33.3 Å². The third-order valence-electron chi connectivity index (χ3n) is 4.32. The van der Waals surface area contributed by atoms with Crippen LogP contribution in [0.2, 0.25) is 0 Å². The molecule has 2 aromatic rings. The van der Waals surface area contributed by atoms with Crippen molar-refractivity contribution in [2.45, 2.75) is 31.8 Å². The first-order chi connectivity index (χ1) is 14.0. The van der Waals surface area contributed by atoms with E-state index in [0.717, 1.165) is 17.4 Å². The number of amides is 2. The number of hydrogen-bond donors (Lipinski definition) is 2. The highest BCUT2D eigenvalue weighted by molar-refractivity contribution is 7.90. The second-order valence-electron chi connectivity index (χ2n) is 6.88. The fourth-order valence-corrected chi connectivity index (χ4v) is 3.31. The summed E-state index contributed by atoms with van der Waals surface area (Å²) in [6.07, 6.45) is -0.149. The van der Waals surface area contributed by atoms with Gasteiger partial charge < -0.3 is 15.4 Å². The molecule has 30 heavy (non-hydrogen) atoms. The Bertz CT molecular complexity index is 1060. The van der Waals surface area contributed by atoms with E-state index in [9.17, 15) is 22.8 Å². The highest BCUT2D eigenvalue weighted by Crippen LogP contribution is 2.19. The van der Waals surface area contributed by atoms with Gasteiger partial charge in [0, 0.05) is 11.9 Å². The van der Waals surface area contributed by atoms with Crippen LogP contribution in [0.25, 0.3) is 0 Å². The minimum absolute atomic E-state index is 0.00495. The molecule has 0 radical (unpaired) electrons. The quantitative estimate of drug-likeness (QED) is 0.646. The number of ether oxygens (including phenoxy) is 1. The van der Waals surface area contributed by atoms with Gasteiger partial charge in [-0.15, -0.1) is 0 Å². The van der Waals surface area contributed by atoms with Crippen molar-refractivity contribution in [1.82, 2.24) is 5.32 Å². The van der Waals surface area contributed by atoms with Crippen LogP contribution in [0, 0.1) is 13.8 Å². The molecule has 0 aromatic heterocycles. The summed E-state index contributed by atoms with van der Waals surface area (Å²) in [6.45, 7) is 4.79. The van der Waals surface area contributed by atoms with Gasteiger partial charge in [-0.25, -0.2) is 13.2 Å². The molecule has 0 saturated heterocycles. The van der Waals surface area contributed by atoms with E-state index in [2.05, 4.69) is 10.6 Å². The number of carbonyl (C=O) groups excluding carboxylic acids is 3. The van der Waals surface area contributed by atoms with E-state index in [0.29, 0.717) is 5.69 Å². The summed E-state index contributed by atoms with van der Waals surface area (Å²) in [5, 5.41) is 5.15. The average Bonchev–Trinajstić information content (AvgIpc) is 2.68. The molecule has 0 spiro atoms. The molecule has 0 aliphatic rings. The van der Waals surface area contributed by atoms with Gasteiger partial charge in [0.15, 0.2) is 15.9 Å². The Morgan fingerprint density at radius 2 is 1.63 bits per heavy atom. The van der Waals surface area contributed by atoms with E-state index in [1.165, 1.54) is 31.2 Å². The first kappa shape index (κ1) is 23.1. The van der Waals surface area contributed by atoms with Crippen molar-refractivity contribution in [2.24, 2.45) is 0 Å². The zero-order valence-electron chi connectivity index (χ0n) is 17.2. The third kappa shape index (κ3) is 6.15. The number of anilines is 1. The molecule has 2 amide bonds. The van der Waals surface area contributed by atoms with Crippen molar-refractivity contribution in [3.05, 3.63) is 59.2 Å². The fourth-order valence-electron chi connectivity index (χ4n) is 2.64. The molecule has 0 bridgehead atoms. The molecule has 0 fully saturated rings. The molecule has 0 heterocycles. The van der Waals surface area contributed by atoms with E-state index in [1.807, 2.05) is 32.0 Å². The first-order valence-electron chi connectivity index (χ1n) is 9.14. The number of esters is 1. The van der Waals surface area contributed by atoms with E-state index < -0.39 is 33.7 Å². The normalized spacial score (nSPS) is 12.0. The summed E-state index contributed by atoms with van der Waals surface area (Å²) in [7, 11) is -3.49. The molecule has 160 valence electrons. The molecular weight excluding hydrogens is 408 g/mol. The van der Waals surface area contributed by atoms with Gasteiger partial charge in [-0.05, 0) is 50.1 Å². The number of aryl methyl sites for hydroxylation is 2. The summed E-state index contributed by atoms with van der Waals surface area (Å²) in [6, 6.07) is 10.9. The Hall–Kier alpha value is -3.20. The lowest BCUT2D eigenvalue weighted by atomic mass is 10.1. The lowest BCUT2D eigenvalue weighted by Crippen LogP contribution is -2.40. The Morgan fingerprint density at radius 1 is 1.03 bits per heavy atom. The van der Waals surface area contributed by atoms with Crippen LogP contribution in [-0.2, 0) is 24.2 Å². The number of rotatable bonds is 7. The molecule has 2 rings (SSSR count). The molecule has 1 atom stereocenters. The van der Waals surface area contributed by atoms with E-state index in [-0.39, 0.29) is 17.0 Å². The van der Waals surface area contributed by atoms with Crippen LogP contribution in [0.1, 0.15) is 28.4 Å². The third-order valence-corrected chi connectivity index (χ3v) is 5.43. The number of hydrogen-bond acceptors (Lipinski definition) is 6. The predicted molar refractivity (Wildman–Crippen MR) is 112 cm³/mol. The van der Waals surface area contributed by atoms with Crippen LogP contribution in [0.15, 0.2) is 47.4 Å². The van der Waals surface area contributed by atoms with Gasteiger partial charge in [0.05, 0.1) is 17.0 Å². The standard InChI is InChI=1S/C21H24N2O6S/c1-13-7-5-8-14(2)19(13)23-18(24)12-22-20(25)15(3)29-21(26)16-9-6-10-17(11-16)30(4,27)28/h5-11,15H,12H2,1-4H3,(H,22,25)(H,23,24). The van der Waals surface area contributed by atoms with Crippen molar-refractivity contribution in [1.29, 1.82) is 0 Å². The van der Waals surface area contributed by atoms with Crippen LogP contribution < -0.4 is 10.6 Å². The minimum Gasteiger partial charge on any atom is -0.449 e. The summed E-state index contributed by atoms with van der Waals surface area (Å²) in [4.78, 5) is 36.5. The highest BCUT2D eigenvalue weighted by atomic mass is 32.2. The van der Waals surface area contributed by atoms with Crippen molar-refractivity contribution in [3.8, 4) is 0 Å². The summed E-state index contributed by atoms with van der Waals surface area (Å²) in [5.41, 5.74) is 2.48. The Labute approximate surface area is 175 Å². The van der Waals surface area contributed by atoms with Gasteiger partial charge in [-0.3, -0.25) is 9.59 Å². The van der Waals surface area contributed by atoms with Gasteiger partial charge in [0.25, 0.3) is 5.91 Å². The summed E-state index contributed by atoms with van der Waals surface area (Å²) in [5.74, 6) is -1.91.